The van der Waals surface area contributed by atoms with E-state index in [1.165, 1.54) is 36.5 Å². The molecule has 3 aromatic rings. The van der Waals surface area contributed by atoms with Crippen LogP contribution in [0.2, 0.25) is 10.0 Å². The third kappa shape index (κ3) is 6.08. The number of carbonyl (C=O) groups excluding carboxylic acids is 1. The molecule has 1 aliphatic heterocycles. The van der Waals surface area contributed by atoms with E-state index in [0.717, 1.165) is 12.8 Å². The van der Waals surface area contributed by atoms with Gasteiger partial charge in [0.25, 0.3) is 5.91 Å². The first-order valence-electron chi connectivity index (χ1n) is 11.6. The Kier molecular flexibility index (Phi) is 8.34. The number of rotatable bonds is 9. The standard InChI is InChI=1S/C25H26Cl2FN3O4S/c1-2-30(24(32)22-10-7-18(26)12-23(22)27)14-20-13-29-25(31(20)15-21-4-3-11-35-21)36(33,34)16-17-5-8-19(28)9-6-17/h5-10,12-13,21H,2-4,11,14-16H2,1H3/t21-/m0/s1. The first-order valence-corrected chi connectivity index (χ1v) is 14.0. The second-order valence-corrected chi connectivity index (χ2v) is 11.3. The van der Waals surface area contributed by atoms with Crippen molar-refractivity contribution in [3.8, 4) is 0 Å². The van der Waals surface area contributed by atoms with Gasteiger partial charge in [0.15, 0.2) is 0 Å². The maximum absolute atomic E-state index is 13.4. The van der Waals surface area contributed by atoms with Gasteiger partial charge < -0.3 is 14.2 Å². The van der Waals surface area contributed by atoms with E-state index in [9.17, 15) is 17.6 Å². The van der Waals surface area contributed by atoms with Crippen molar-refractivity contribution in [1.29, 1.82) is 0 Å². The van der Waals surface area contributed by atoms with Gasteiger partial charge in [-0.05, 0) is 55.7 Å². The van der Waals surface area contributed by atoms with Crippen molar-refractivity contribution < 1.29 is 22.3 Å². The fourth-order valence-corrected chi connectivity index (χ4v) is 6.16. The molecule has 36 heavy (non-hydrogen) atoms. The SMILES string of the molecule is CCN(Cc1cnc(S(=O)(=O)Cc2ccc(F)cc2)n1C[C@@H]1CCCO1)C(=O)c1ccc(Cl)cc1Cl. The van der Waals surface area contributed by atoms with Crippen LogP contribution < -0.4 is 0 Å². The number of benzene rings is 2. The van der Waals surface area contributed by atoms with Gasteiger partial charge in [0.05, 0.1) is 47.4 Å². The third-order valence-electron chi connectivity index (χ3n) is 6.04. The van der Waals surface area contributed by atoms with E-state index in [1.807, 2.05) is 6.92 Å². The number of hydrogen-bond acceptors (Lipinski definition) is 5. The van der Waals surface area contributed by atoms with E-state index < -0.39 is 15.7 Å². The molecule has 1 aromatic heterocycles. The van der Waals surface area contributed by atoms with Crippen LogP contribution in [-0.2, 0) is 33.4 Å². The van der Waals surface area contributed by atoms with Gasteiger partial charge in [-0.15, -0.1) is 0 Å². The molecule has 7 nitrogen and oxygen atoms in total. The zero-order valence-corrected chi connectivity index (χ0v) is 22.0. The molecular weight excluding hydrogens is 528 g/mol. The molecule has 1 fully saturated rings. The average molecular weight is 554 g/mol. The summed E-state index contributed by atoms with van der Waals surface area (Å²) >= 11 is 12.2. The highest BCUT2D eigenvalue weighted by Gasteiger charge is 2.28. The van der Waals surface area contributed by atoms with E-state index >= 15 is 0 Å². The van der Waals surface area contributed by atoms with Gasteiger partial charge in [0.2, 0.25) is 15.0 Å². The molecular formula is C25H26Cl2FN3O4S. The summed E-state index contributed by atoms with van der Waals surface area (Å²) in [5.41, 5.74) is 1.31. The molecule has 11 heteroatoms. The second kappa shape index (κ2) is 11.3. The normalized spacial score (nSPS) is 15.8. The van der Waals surface area contributed by atoms with Crippen molar-refractivity contribution >= 4 is 38.9 Å². The van der Waals surface area contributed by atoms with Crippen molar-refractivity contribution in [2.45, 2.75) is 49.9 Å². The molecule has 0 N–H and O–H groups in total. The molecule has 0 spiro atoms. The molecule has 192 valence electrons. The molecule has 2 aromatic carbocycles. The van der Waals surface area contributed by atoms with E-state index in [4.69, 9.17) is 27.9 Å². The largest absolute Gasteiger partial charge is 0.376 e. The highest BCUT2D eigenvalue weighted by molar-refractivity contribution is 7.90. The number of aromatic nitrogens is 2. The lowest BCUT2D eigenvalue weighted by Crippen LogP contribution is -2.32. The lowest BCUT2D eigenvalue weighted by Gasteiger charge is -2.23. The lowest BCUT2D eigenvalue weighted by atomic mass is 10.2. The Morgan fingerprint density at radius 3 is 2.61 bits per heavy atom. The predicted molar refractivity (Wildman–Crippen MR) is 135 cm³/mol. The molecule has 1 aliphatic rings. The Morgan fingerprint density at radius 2 is 1.97 bits per heavy atom. The molecule has 0 aliphatic carbocycles. The van der Waals surface area contributed by atoms with Crippen LogP contribution >= 0.6 is 23.2 Å². The zero-order chi connectivity index (χ0) is 25.9. The number of amides is 1. The van der Waals surface area contributed by atoms with E-state index in [-0.39, 0.29) is 34.5 Å². The Morgan fingerprint density at radius 1 is 1.22 bits per heavy atom. The highest BCUT2D eigenvalue weighted by Crippen LogP contribution is 2.25. The molecule has 0 radical (unpaired) electrons. The minimum atomic E-state index is -3.87. The predicted octanol–water partition coefficient (Wildman–Crippen LogP) is 5.14. The molecule has 0 unspecified atom stereocenters. The molecule has 2 heterocycles. The van der Waals surface area contributed by atoms with Crippen LogP contribution in [-0.4, -0.2) is 48.0 Å². The Bertz CT molecular complexity index is 1340. The van der Waals surface area contributed by atoms with Crippen LogP contribution in [0.1, 0.15) is 41.4 Å². The van der Waals surface area contributed by atoms with Gasteiger partial charge in [-0.25, -0.2) is 17.8 Å². The number of halogens is 3. The van der Waals surface area contributed by atoms with Crippen LogP contribution in [0.4, 0.5) is 4.39 Å². The van der Waals surface area contributed by atoms with Gasteiger partial charge >= 0.3 is 0 Å². The van der Waals surface area contributed by atoms with E-state index in [1.54, 1.807) is 21.6 Å². The molecule has 0 bridgehead atoms. The van der Waals surface area contributed by atoms with Crippen LogP contribution in [0.5, 0.6) is 0 Å². The van der Waals surface area contributed by atoms with Crippen molar-refractivity contribution in [2.75, 3.05) is 13.2 Å². The minimum absolute atomic E-state index is 0.106. The maximum Gasteiger partial charge on any atom is 0.255 e. The fraction of sp³-hybridized carbons (Fsp3) is 0.360. The maximum atomic E-state index is 13.4. The summed E-state index contributed by atoms with van der Waals surface area (Å²) in [5, 5.41) is 0.553. The van der Waals surface area contributed by atoms with Crippen LogP contribution in [0.25, 0.3) is 0 Å². The van der Waals surface area contributed by atoms with Gasteiger partial charge in [-0.1, -0.05) is 35.3 Å². The monoisotopic (exact) mass is 553 g/mol. The van der Waals surface area contributed by atoms with Gasteiger partial charge in [-0.2, -0.15) is 0 Å². The van der Waals surface area contributed by atoms with Crippen LogP contribution in [0, 0.1) is 5.82 Å². The summed E-state index contributed by atoms with van der Waals surface area (Å²) in [5.74, 6) is -1.07. The lowest BCUT2D eigenvalue weighted by molar-refractivity contribution is 0.0741. The van der Waals surface area contributed by atoms with Gasteiger partial charge in [0, 0.05) is 18.2 Å². The van der Waals surface area contributed by atoms with Crippen molar-refractivity contribution in [3.05, 3.63) is 81.3 Å². The zero-order valence-electron chi connectivity index (χ0n) is 19.7. The topological polar surface area (TPSA) is 81.5 Å². The number of ether oxygens (including phenoxy) is 1. The molecule has 1 amide bonds. The fourth-order valence-electron chi connectivity index (χ4n) is 4.17. The summed E-state index contributed by atoms with van der Waals surface area (Å²) in [6.45, 7) is 3.22. The summed E-state index contributed by atoms with van der Waals surface area (Å²) in [7, 11) is -3.87. The van der Waals surface area contributed by atoms with E-state index in [0.29, 0.717) is 41.5 Å². The number of carbonyl (C=O) groups is 1. The minimum Gasteiger partial charge on any atom is -0.376 e. The summed E-state index contributed by atoms with van der Waals surface area (Å²) in [6, 6.07) is 9.99. The van der Waals surface area contributed by atoms with Gasteiger partial charge in [0.1, 0.15) is 5.82 Å². The molecule has 1 atom stereocenters. The molecule has 4 rings (SSSR count). The van der Waals surface area contributed by atoms with E-state index in [2.05, 4.69) is 4.98 Å². The smallest absolute Gasteiger partial charge is 0.255 e. The summed E-state index contributed by atoms with van der Waals surface area (Å²) in [4.78, 5) is 19.1. The third-order valence-corrected chi connectivity index (χ3v) is 8.19. The van der Waals surface area contributed by atoms with Crippen molar-refractivity contribution in [3.63, 3.8) is 0 Å². The Labute approximate surface area is 219 Å². The van der Waals surface area contributed by atoms with Crippen LogP contribution in [0.15, 0.2) is 53.8 Å². The summed E-state index contributed by atoms with van der Waals surface area (Å²) < 4.78 is 47.4. The Hall–Kier alpha value is -2.46. The summed E-state index contributed by atoms with van der Waals surface area (Å²) in [6.07, 6.45) is 3.01. The molecule has 0 saturated carbocycles. The quantitative estimate of drug-likeness (QED) is 0.366. The first kappa shape index (κ1) is 26.6. The first-order chi connectivity index (χ1) is 17.2. The average Bonchev–Trinajstić information content (AvgIpc) is 3.49. The van der Waals surface area contributed by atoms with Crippen molar-refractivity contribution in [2.24, 2.45) is 0 Å². The van der Waals surface area contributed by atoms with Crippen molar-refractivity contribution in [1.82, 2.24) is 14.5 Å². The Balaban J connectivity index is 1.65. The van der Waals surface area contributed by atoms with Crippen LogP contribution in [0.3, 0.4) is 0 Å². The molecule has 1 saturated heterocycles. The highest BCUT2D eigenvalue weighted by atomic mass is 35.5. The number of sulfone groups is 1. The second-order valence-electron chi connectivity index (χ2n) is 8.61. The van der Waals surface area contributed by atoms with Gasteiger partial charge in [-0.3, -0.25) is 4.79 Å². The number of hydrogen-bond donors (Lipinski definition) is 0. The number of imidazole rings is 1. The number of nitrogens with zero attached hydrogens (tertiary/aromatic N) is 3.